The molecule has 4 aliphatic carbocycles. The quantitative estimate of drug-likeness (QED) is 0.154. The predicted octanol–water partition coefficient (Wildman–Crippen LogP) is 3.19. The van der Waals surface area contributed by atoms with Crippen molar-refractivity contribution < 1.29 is 36.6 Å². The third-order valence-electron chi connectivity index (χ3n) is 10.2. The number of carbonyl (C=O) groups is 1. The summed E-state index contributed by atoms with van der Waals surface area (Å²) >= 11 is 0. The summed E-state index contributed by atoms with van der Waals surface area (Å²) in [6.07, 6.45) is 16.3. The van der Waals surface area contributed by atoms with Crippen LogP contribution in [0, 0.1) is 11.5 Å². The van der Waals surface area contributed by atoms with Crippen LogP contribution in [-0.4, -0.2) is 64.8 Å². The second kappa shape index (κ2) is 17.1. The molecule has 2 amide bonds. The largest absolute Gasteiger partial charge is 0.391 e. The minimum absolute atomic E-state index is 0.171. The van der Waals surface area contributed by atoms with Crippen molar-refractivity contribution in [1.29, 1.82) is 5.26 Å². The number of amides is 2. The first-order chi connectivity index (χ1) is 26.6. The number of aryl methyl sites for hydroxylation is 4. The van der Waals surface area contributed by atoms with E-state index in [1.54, 1.807) is 13.8 Å². The van der Waals surface area contributed by atoms with E-state index in [-0.39, 0.29) is 23.1 Å². The highest BCUT2D eigenvalue weighted by Gasteiger charge is 2.28. The van der Waals surface area contributed by atoms with Crippen molar-refractivity contribution in [1.82, 2.24) is 24.3 Å². The van der Waals surface area contributed by atoms with Gasteiger partial charge in [0.2, 0.25) is 0 Å². The van der Waals surface area contributed by atoms with Crippen LogP contribution in [0.1, 0.15) is 84.0 Å². The monoisotopic (exact) mass is 808 g/mol. The average molecular weight is 809 g/mol. The zero-order valence-electron chi connectivity index (χ0n) is 31.5. The van der Waals surface area contributed by atoms with Gasteiger partial charge in [0.1, 0.15) is 5.75 Å². The zero-order chi connectivity index (χ0) is 40.2. The number of aliphatic hydroxyl groups is 2. The van der Waals surface area contributed by atoms with Gasteiger partial charge in [0.05, 0.1) is 25.3 Å². The Kier molecular flexibility index (Phi) is 12.5. The van der Waals surface area contributed by atoms with E-state index in [9.17, 15) is 26.7 Å². The summed E-state index contributed by atoms with van der Waals surface area (Å²) in [7, 11) is -7.83. The van der Waals surface area contributed by atoms with Crippen molar-refractivity contribution in [2.75, 3.05) is 5.32 Å². The summed E-state index contributed by atoms with van der Waals surface area (Å²) < 4.78 is 56.4. The number of hydrogen-bond donors (Lipinski definition) is 5. The van der Waals surface area contributed by atoms with Crippen molar-refractivity contribution >= 4 is 31.8 Å². The Bertz CT molecular complexity index is 2300. The molecule has 56 heavy (non-hydrogen) atoms. The molecule has 0 unspecified atom stereocenters. The van der Waals surface area contributed by atoms with E-state index in [4.69, 9.17) is 20.2 Å². The molecule has 18 heteroatoms. The molecule has 0 aliphatic heterocycles. The molecule has 16 nitrogen and oxygen atoms in total. The summed E-state index contributed by atoms with van der Waals surface area (Å²) in [4.78, 5) is 12.5. The number of hydrogen-bond acceptors (Lipinski definition) is 11. The number of nitrogens with two attached hydrogens (primary N) is 1. The van der Waals surface area contributed by atoms with Gasteiger partial charge in [-0.2, -0.15) is 18.6 Å². The topological polar surface area (TPSA) is 245 Å². The van der Waals surface area contributed by atoms with Crippen LogP contribution in [0.5, 0.6) is 5.75 Å². The molecule has 0 saturated heterocycles. The van der Waals surface area contributed by atoms with Crippen molar-refractivity contribution in [3.05, 3.63) is 81.2 Å². The Hall–Kier alpha value is -4.80. The highest BCUT2D eigenvalue weighted by atomic mass is 32.2. The number of sulfonamides is 2. The van der Waals surface area contributed by atoms with Crippen LogP contribution in [0.3, 0.4) is 0 Å². The highest BCUT2D eigenvalue weighted by molar-refractivity contribution is 7.90. The number of anilines is 1. The number of nitrogens with one attached hydrogen (secondary N) is 2. The fraction of sp³-hybridized carbons (Fsp3) is 0.474. The maximum atomic E-state index is 12.5. The van der Waals surface area contributed by atoms with Gasteiger partial charge in [-0.3, -0.25) is 9.36 Å². The van der Waals surface area contributed by atoms with Gasteiger partial charge in [-0.1, -0.05) is 12.1 Å². The van der Waals surface area contributed by atoms with E-state index in [0.29, 0.717) is 0 Å². The summed E-state index contributed by atoms with van der Waals surface area (Å²) in [6, 6.07) is 6.40. The van der Waals surface area contributed by atoms with Crippen LogP contribution in [-0.2, 0) is 84.5 Å². The first-order valence-electron chi connectivity index (χ1n) is 18.8. The molecule has 0 bridgehead atoms. The molecule has 0 saturated carbocycles. The standard InChI is InChI=1S/C19H24N4O4S.C13H13NO.C6H11N3O3S/c1-12(24)11-23-9-8-17(21-23)28(26,27)22-19(25)20-18-15-6-2-4-13(15)10-14-5-3-7-16(14)18;14-8-15-13-11-5-1-3-9(11)7-10-4-2-6-12(10)13;1-5(10)4-9-3-2-6(8-9)13(7,11)12/h8-10,12,24H,2-7,11H2,1H3,(H2,20,22,25);7H,1-6H2;2-3,5,10H,4H2,1H3,(H2,7,11,12)/t12-;;5-/m1.1/s1. The first-order valence-corrected chi connectivity index (χ1v) is 21.8. The zero-order valence-corrected chi connectivity index (χ0v) is 33.1. The van der Waals surface area contributed by atoms with Gasteiger partial charge in [0, 0.05) is 18.1 Å². The van der Waals surface area contributed by atoms with Gasteiger partial charge in [-0.25, -0.2) is 23.1 Å². The number of benzene rings is 2. The average Bonchev–Trinajstić information content (AvgIpc) is 3.96. The van der Waals surface area contributed by atoms with E-state index in [1.807, 2.05) is 6.26 Å². The van der Waals surface area contributed by atoms with Crippen LogP contribution >= 0.6 is 0 Å². The molecule has 0 spiro atoms. The van der Waals surface area contributed by atoms with Crippen LogP contribution < -0.4 is 19.9 Å². The molecule has 4 aliphatic rings. The first kappa shape index (κ1) is 40.9. The third-order valence-corrected chi connectivity index (χ3v) is 12.2. The molecule has 300 valence electrons. The number of ether oxygens (including phenoxy) is 1. The van der Waals surface area contributed by atoms with Gasteiger partial charge < -0.3 is 20.3 Å². The summed E-state index contributed by atoms with van der Waals surface area (Å²) in [5.41, 5.74) is 11.0. The number of aromatic nitrogens is 4. The Morgan fingerprint density at radius 1 is 0.786 bits per heavy atom. The van der Waals surface area contributed by atoms with E-state index in [2.05, 4.69) is 32.4 Å². The molecule has 2 heterocycles. The van der Waals surface area contributed by atoms with Crippen LogP contribution in [0.2, 0.25) is 0 Å². The molecule has 0 fully saturated rings. The van der Waals surface area contributed by atoms with Gasteiger partial charge >= 0.3 is 6.03 Å². The fourth-order valence-electron chi connectivity index (χ4n) is 7.94. The lowest BCUT2D eigenvalue weighted by Gasteiger charge is -2.16. The lowest BCUT2D eigenvalue weighted by molar-refractivity contribution is 0.167. The number of urea groups is 1. The van der Waals surface area contributed by atoms with Crippen LogP contribution in [0.4, 0.5) is 10.5 Å². The summed E-state index contributed by atoms with van der Waals surface area (Å²) in [5.74, 6) is 0.903. The van der Waals surface area contributed by atoms with Gasteiger partial charge in [0.15, 0.2) is 10.1 Å². The summed E-state index contributed by atoms with van der Waals surface area (Å²) in [6.45, 7) is 3.58. The number of rotatable bonds is 9. The molecular formula is C38H48N8O8S2. The maximum absolute atomic E-state index is 12.5. The number of carbonyl (C=O) groups excluding carboxylic acids is 1. The van der Waals surface area contributed by atoms with Crippen molar-refractivity contribution in [3.8, 4) is 12.0 Å². The number of fused-ring (bicyclic) bond motifs is 4. The predicted molar refractivity (Wildman–Crippen MR) is 206 cm³/mol. The molecule has 2 aromatic heterocycles. The Morgan fingerprint density at radius 3 is 1.64 bits per heavy atom. The Balaban J connectivity index is 0.000000159. The maximum Gasteiger partial charge on any atom is 0.333 e. The van der Waals surface area contributed by atoms with Crippen molar-refractivity contribution in [2.24, 2.45) is 5.14 Å². The van der Waals surface area contributed by atoms with Gasteiger partial charge in [0.25, 0.3) is 26.3 Å². The molecule has 0 radical (unpaired) electrons. The van der Waals surface area contributed by atoms with E-state index < -0.39 is 38.3 Å². The number of aliphatic hydroxyl groups excluding tert-OH is 2. The highest BCUT2D eigenvalue weighted by Crippen LogP contribution is 2.40. The molecule has 4 aromatic rings. The number of primary sulfonamides is 1. The lowest BCUT2D eigenvalue weighted by atomic mass is 9.99. The smallest absolute Gasteiger partial charge is 0.333 e. The molecule has 8 rings (SSSR count). The van der Waals surface area contributed by atoms with Crippen molar-refractivity contribution in [2.45, 2.75) is 126 Å². The van der Waals surface area contributed by atoms with Crippen LogP contribution in [0.25, 0.3) is 0 Å². The van der Waals surface area contributed by atoms with Gasteiger partial charge in [-0.15, -0.1) is 5.26 Å². The summed E-state index contributed by atoms with van der Waals surface area (Å²) in [5, 5.41) is 41.9. The van der Waals surface area contributed by atoms with E-state index in [0.717, 1.165) is 86.8 Å². The molecular weight excluding hydrogens is 761 g/mol. The van der Waals surface area contributed by atoms with E-state index >= 15 is 0 Å². The lowest BCUT2D eigenvalue weighted by Crippen LogP contribution is -2.35. The molecule has 6 N–H and O–H groups in total. The third kappa shape index (κ3) is 9.59. The van der Waals surface area contributed by atoms with E-state index in [1.165, 1.54) is 80.1 Å². The van der Waals surface area contributed by atoms with Gasteiger partial charge in [-0.05, 0) is 148 Å². The van der Waals surface area contributed by atoms with Crippen molar-refractivity contribution in [3.63, 3.8) is 0 Å². The molecule has 2 atom stereocenters. The second-order valence-corrected chi connectivity index (χ2v) is 17.8. The SMILES string of the molecule is C[C@@H](O)Cn1ccc(S(=O)(=O)NC(=O)Nc2c3c(cc4c2CCC4)CCC3)n1.C[C@@H](O)Cn1ccc(S(N)(=O)=O)n1.N#COc1c2c(cc3c1CCC3)CCC2. The Labute approximate surface area is 326 Å². The minimum atomic E-state index is -4.10. The Morgan fingerprint density at radius 2 is 1.21 bits per heavy atom. The normalized spacial score (nSPS) is 16.1. The minimum Gasteiger partial charge on any atom is -0.391 e. The number of nitriles is 1. The fourth-order valence-corrected chi connectivity index (χ4v) is 9.26. The van der Waals surface area contributed by atoms with Crippen LogP contribution in [0.15, 0.2) is 46.7 Å². The molecule has 2 aromatic carbocycles. The second-order valence-electron chi connectivity index (χ2n) is 14.7. The number of nitrogens with zero attached hydrogens (tertiary/aromatic N) is 5.